The lowest BCUT2D eigenvalue weighted by Crippen LogP contribution is -2.51. The van der Waals surface area contributed by atoms with Gasteiger partial charge in [-0.25, -0.2) is 0 Å². The maximum absolute atomic E-state index is 13.1. The van der Waals surface area contributed by atoms with Crippen molar-refractivity contribution in [3.63, 3.8) is 0 Å². The number of hydrogen-bond acceptors (Lipinski definition) is 3. The molecular formula is C18H29N3O2. The van der Waals surface area contributed by atoms with Crippen LogP contribution in [-0.4, -0.2) is 40.2 Å². The van der Waals surface area contributed by atoms with Crippen molar-refractivity contribution in [2.45, 2.75) is 66.6 Å². The Balaban J connectivity index is 1.90. The Labute approximate surface area is 138 Å². The highest BCUT2D eigenvalue weighted by Gasteiger charge is 2.41. The van der Waals surface area contributed by atoms with Crippen molar-refractivity contribution in [1.82, 2.24) is 15.1 Å². The Morgan fingerprint density at radius 3 is 2.43 bits per heavy atom. The van der Waals surface area contributed by atoms with Gasteiger partial charge in [-0.3, -0.25) is 9.89 Å². The number of nitrogens with zero attached hydrogens (tertiary/aromatic N) is 2. The van der Waals surface area contributed by atoms with Crippen molar-refractivity contribution in [3.8, 4) is 0 Å². The normalized spacial score (nSPS) is 29.2. The molecule has 0 unspecified atom stereocenters. The van der Waals surface area contributed by atoms with Crippen LogP contribution in [0.4, 0.5) is 0 Å². The second-order valence-corrected chi connectivity index (χ2v) is 8.92. The van der Waals surface area contributed by atoms with Gasteiger partial charge in [0.15, 0.2) is 5.69 Å². The molecule has 0 spiro atoms. The van der Waals surface area contributed by atoms with Crippen LogP contribution >= 0.6 is 0 Å². The molecule has 1 N–H and O–H groups in total. The van der Waals surface area contributed by atoms with Crippen LogP contribution in [-0.2, 0) is 11.2 Å². The highest BCUT2D eigenvalue weighted by Crippen LogP contribution is 2.40. The zero-order valence-electron chi connectivity index (χ0n) is 15.2. The number of hydrogen-bond donors (Lipinski definition) is 1. The molecule has 2 aliphatic heterocycles. The quantitative estimate of drug-likeness (QED) is 0.864. The highest BCUT2D eigenvalue weighted by atomic mass is 16.5. The van der Waals surface area contributed by atoms with Crippen molar-refractivity contribution in [1.29, 1.82) is 0 Å². The fraction of sp³-hybridized carbons (Fsp3) is 0.778. The van der Waals surface area contributed by atoms with Crippen LogP contribution in [0.15, 0.2) is 0 Å². The van der Waals surface area contributed by atoms with E-state index in [0.29, 0.717) is 5.69 Å². The average Bonchev–Trinajstić information content (AvgIpc) is 2.77. The second kappa shape index (κ2) is 5.33. The summed E-state index contributed by atoms with van der Waals surface area (Å²) < 4.78 is 5.82. The number of carbonyl (C=O) groups excluding carboxylic acids is 1. The van der Waals surface area contributed by atoms with E-state index in [1.807, 2.05) is 18.7 Å². The topological polar surface area (TPSA) is 58.2 Å². The van der Waals surface area contributed by atoms with Crippen LogP contribution in [0.5, 0.6) is 0 Å². The number of aromatic nitrogens is 2. The number of rotatable bonds is 1. The molecule has 3 heterocycles. The minimum Gasteiger partial charge on any atom is -0.369 e. The number of fused-ring (bicyclic) bond motifs is 1. The molecule has 5 nitrogen and oxygen atoms in total. The van der Waals surface area contributed by atoms with E-state index >= 15 is 0 Å². The van der Waals surface area contributed by atoms with Crippen LogP contribution in [0.3, 0.4) is 0 Å². The summed E-state index contributed by atoms with van der Waals surface area (Å²) in [6, 6.07) is 0. The lowest BCUT2D eigenvalue weighted by molar-refractivity contribution is -0.00723. The van der Waals surface area contributed by atoms with E-state index in [1.54, 1.807) is 0 Å². The minimum atomic E-state index is -0.0305. The maximum atomic E-state index is 13.1. The van der Waals surface area contributed by atoms with Gasteiger partial charge in [-0.2, -0.15) is 5.10 Å². The van der Waals surface area contributed by atoms with E-state index in [1.165, 1.54) is 0 Å². The second-order valence-electron chi connectivity index (χ2n) is 8.92. The maximum Gasteiger partial charge on any atom is 0.274 e. The predicted molar refractivity (Wildman–Crippen MR) is 89.3 cm³/mol. The molecule has 1 saturated heterocycles. The summed E-state index contributed by atoms with van der Waals surface area (Å²) in [5, 5.41) is 7.39. The summed E-state index contributed by atoms with van der Waals surface area (Å²) in [5.74, 6) is 0.0599. The summed E-state index contributed by atoms with van der Waals surface area (Å²) in [7, 11) is 0. The lowest BCUT2D eigenvalue weighted by atomic mass is 9.71. The Morgan fingerprint density at radius 2 is 1.83 bits per heavy atom. The number of likely N-dealkylation sites (tertiary alicyclic amines) is 1. The SMILES string of the molecule is C[C@@H]1Cc2c(C(=O)N3CC(C)(C)CC(C)(C)C3)n[nH]c2[C@H](C)O1. The van der Waals surface area contributed by atoms with E-state index in [9.17, 15) is 4.79 Å². The number of H-pyrrole nitrogens is 1. The van der Waals surface area contributed by atoms with Gasteiger partial charge in [-0.05, 0) is 31.1 Å². The average molecular weight is 319 g/mol. The van der Waals surface area contributed by atoms with E-state index in [-0.39, 0.29) is 28.9 Å². The molecule has 2 aliphatic rings. The number of piperidine rings is 1. The number of ether oxygens (including phenoxy) is 1. The summed E-state index contributed by atoms with van der Waals surface area (Å²) in [6.07, 6.45) is 1.97. The van der Waals surface area contributed by atoms with Crippen LogP contribution in [0.2, 0.25) is 0 Å². The van der Waals surface area contributed by atoms with Crippen LogP contribution in [0.25, 0.3) is 0 Å². The first-order valence-electron chi connectivity index (χ1n) is 8.60. The molecule has 0 aliphatic carbocycles. The van der Waals surface area contributed by atoms with Gasteiger partial charge in [-0.1, -0.05) is 27.7 Å². The molecule has 3 rings (SSSR count). The molecule has 1 fully saturated rings. The fourth-order valence-corrected chi connectivity index (χ4v) is 4.64. The Kier molecular flexibility index (Phi) is 3.82. The van der Waals surface area contributed by atoms with Crippen molar-refractivity contribution < 1.29 is 9.53 Å². The zero-order chi connectivity index (χ0) is 17.0. The van der Waals surface area contributed by atoms with E-state index in [2.05, 4.69) is 37.9 Å². The van der Waals surface area contributed by atoms with Gasteiger partial charge in [0.1, 0.15) is 0 Å². The molecule has 128 valence electrons. The molecule has 0 radical (unpaired) electrons. The lowest BCUT2D eigenvalue weighted by Gasteiger charge is -2.46. The summed E-state index contributed by atoms with van der Waals surface area (Å²) in [6.45, 7) is 14.6. The summed E-state index contributed by atoms with van der Waals surface area (Å²) in [5.41, 5.74) is 2.87. The smallest absolute Gasteiger partial charge is 0.274 e. The Hall–Kier alpha value is -1.36. The molecule has 0 saturated carbocycles. The summed E-state index contributed by atoms with van der Waals surface area (Å²) in [4.78, 5) is 15.1. The minimum absolute atomic E-state index is 0.0305. The van der Waals surface area contributed by atoms with E-state index in [4.69, 9.17) is 4.74 Å². The molecule has 23 heavy (non-hydrogen) atoms. The fourth-order valence-electron chi connectivity index (χ4n) is 4.64. The molecule has 1 aromatic heterocycles. The molecule has 0 aromatic carbocycles. The van der Waals surface area contributed by atoms with E-state index in [0.717, 1.165) is 37.2 Å². The number of nitrogens with one attached hydrogen (secondary N) is 1. The van der Waals surface area contributed by atoms with Crippen LogP contribution < -0.4 is 0 Å². The monoisotopic (exact) mass is 319 g/mol. The first kappa shape index (κ1) is 16.5. The first-order valence-corrected chi connectivity index (χ1v) is 8.60. The highest BCUT2D eigenvalue weighted by molar-refractivity contribution is 5.94. The van der Waals surface area contributed by atoms with Gasteiger partial charge in [0.05, 0.1) is 17.9 Å². The molecule has 0 bridgehead atoms. The molecule has 2 atom stereocenters. The third-order valence-electron chi connectivity index (χ3n) is 4.92. The Bertz CT molecular complexity index is 602. The van der Waals surface area contributed by atoms with Gasteiger partial charge in [0, 0.05) is 25.1 Å². The largest absolute Gasteiger partial charge is 0.369 e. The molecule has 1 amide bonds. The third kappa shape index (κ3) is 3.16. The van der Waals surface area contributed by atoms with Crippen molar-refractivity contribution >= 4 is 5.91 Å². The molecule has 5 heteroatoms. The number of carbonyl (C=O) groups is 1. The summed E-state index contributed by atoms with van der Waals surface area (Å²) >= 11 is 0. The van der Waals surface area contributed by atoms with Crippen LogP contribution in [0.1, 0.15) is 75.8 Å². The first-order chi connectivity index (χ1) is 10.6. The van der Waals surface area contributed by atoms with Crippen LogP contribution in [0, 0.1) is 10.8 Å². The van der Waals surface area contributed by atoms with Crippen molar-refractivity contribution in [2.75, 3.05) is 13.1 Å². The van der Waals surface area contributed by atoms with Crippen molar-refractivity contribution in [2.24, 2.45) is 10.8 Å². The van der Waals surface area contributed by atoms with E-state index < -0.39 is 0 Å². The van der Waals surface area contributed by atoms with Gasteiger partial charge in [0.25, 0.3) is 5.91 Å². The molecular weight excluding hydrogens is 290 g/mol. The Morgan fingerprint density at radius 1 is 1.22 bits per heavy atom. The third-order valence-corrected chi connectivity index (χ3v) is 4.92. The van der Waals surface area contributed by atoms with Crippen molar-refractivity contribution in [3.05, 3.63) is 17.0 Å². The number of amides is 1. The zero-order valence-corrected chi connectivity index (χ0v) is 15.2. The van der Waals surface area contributed by atoms with Gasteiger partial charge in [0.2, 0.25) is 0 Å². The van der Waals surface area contributed by atoms with Gasteiger partial charge >= 0.3 is 0 Å². The number of aromatic amines is 1. The van der Waals surface area contributed by atoms with Gasteiger partial charge < -0.3 is 9.64 Å². The molecule has 1 aromatic rings. The predicted octanol–water partition coefficient (Wildman–Crippen LogP) is 3.33. The van der Waals surface area contributed by atoms with Gasteiger partial charge in [-0.15, -0.1) is 0 Å². The standard InChI is InChI=1S/C18H29N3O2/c1-11-7-13-14(12(2)23-11)19-20-15(13)16(22)21-9-17(3,4)8-18(5,6)10-21/h11-12H,7-10H2,1-6H3,(H,19,20)/t11-,12+/m1/s1.